The average molecular weight is 375 g/mol. The third-order valence-corrected chi connectivity index (χ3v) is 8.07. The van der Waals surface area contributed by atoms with Crippen molar-refractivity contribution < 1.29 is 14.3 Å². The Balaban J connectivity index is 1.60. The van der Waals surface area contributed by atoms with Crippen molar-refractivity contribution in [2.75, 3.05) is 6.61 Å². The van der Waals surface area contributed by atoms with Crippen LogP contribution in [0.4, 0.5) is 0 Å². The number of hydrogen-bond donors (Lipinski definition) is 0. The van der Waals surface area contributed by atoms with E-state index in [2.05, 4.69) is 39.8 Å². The van der Waals surface area contributed by atoms with Crippen LogP contribution < -0.4 is 0 Å². The fraction of sp³-hybridized carbons (Fsp3) is 0.833. The Morgan fingerprint density at radius 1 is 1.22 bits per heavy atom. The molecule has 5 atom stereocenters. The summed E-state index contributed by atoms with van der Waals surface area (Å²) in [4.78, 5) is 24.9. The molecule has 0 N–H and O–H groups in total. The molecular weight excluding hydrogens is 336 g/mol. The number of esters is 1. The normalized spacial score (nSPS) is 34.3. The number of carbonyl (C=O) groups excluding carboxylic acids is 2. The van der Waals surface area contributed by atoms with Gasteiger partial charge < -0.3 is 4.74 Å². The van der Waals surface area contributed by atoms with Gasteiger partial charge in [0.25, 0.3) is 0 Å². The van der Waals surface area contributed by atoms with Crippen molar-refractivity contribution in [3.63, 3.8) is 0 Å². The minimum absolute atomic E-state index is 0.00604. The van der Waals surface area contributed by atoms with Gasteiger partial charge in [-0.2, -0.15) is 0 Å². The first-order valence-electron chi connectivity index (χ1n) is 11.2. The van der Waals surface area contributed by atoms with Gasteiger partial charge in [-0.25, -0.2) is 0 Å². The Kier molecular flexibility index (Phi) is 6.17. The highest BCUT2D eigenvalue weighted by atomic mass is 16.5. The molecule has 3 nitrogen and oxygen atoms in total. The molecule has 3 saturated carbocycles. The summed E-state index contributed by atoms with van der Waals surface area (Å²) in [5.41, 5.74) is -0.0917. The summed E-state index contributed by atoms with van der Waals surface area (Å²) in [6.07, 6.45) is 13.8. The van der Waals surface area contributed by atoms with Crippen molar-refractivity contribution in [1.29, 1.82) is 0 Å². The van der Waals surface area contributed by atoms with Crippen LogP contribution in [0.1, 0.15) is 85.5 Å². The lowest BCUT2D eigenvalue weighted by atomic mass is 9.62. The van der Waals surface area contributed by atoms with Gasteiger partial charge in [-0.1, -0.05) is 46.3 Å². The van der Waals surface area contributed by atoms with Crippen molar-refractivity contribution in [2.24, 2.45) is 34.5 Å². The van der Waals surface area contributed by atoms with E-state index in [4.69, 9.17) is 4.74 Å². The Morgan fingerprint density at radius 3 is 2.63 bits per heavy atom. The molecule has 27 heavy (non-hydrogen) atoms. The Labute approximate surface area is 165 Å². The minimum Gasteiger partial charge on any atom is -0.465 e. The zero-order valence-corrected chi connectivity index (χ0v) is 17.8. The highest BCUT2D eigenvalue weighted by Crippen LogP contribution is 2.57. The first-order chi connectivity index (χ1) is 12.8. The number of hydrogen-bond acceptors (Lipinski definition) is 3. The van der Waals surface area contributed by atoms with E-state index in [1.807, 2.05) is 0 Å². The third kappa shape index (κ3) is 3.89. The molecule has 3 rings (SSSR count). The zero-order chi connectivity index (χ0) is 19.7. The molecule has 152 valence electrons. The van der Waals surface area contributed by atoms with E-state index in [0.29, 0.717) is 24.2 Å². The van der Waals surface area contributed by atoms with Gasteiger partial charge in [0.2, 0.25) is 0 Å². The van der Waals surface area contributed by atoms with Crippen molar-refractivity contribution in [3.05, 3.63) is 12.2 Å². The second-order valence-corrected chi connectivity index (χ2v) is 9.74. The lowest BCUT2D eigenvalue weighted by Crippen LogP contribution is -2.39. The van der Waals surface area contributed by atoms with E-state index < -0.39 is 0 Å². The Morgan fingerprint density at radius 2 is 1.96 bits per heavy atom. The number of ether oxygens (including phenoxy) is 1. The molecule has 0 bridgehead atoms. The summed E-state index contributed by atoms with van der Waals surface area (Å²) in [5.74, 6) is 2.07. The van der Waals surface area contributed by atoms with E-state index in [1.54, 1.807) is 0 Å². The molecule has 0 spiro atoms. The van der Waals surface area contributed by atoms with Gasteiger partial charge in [0, 0.05) is 12.3 Å². The summed E-state index contributed by atoms with van der Waals surface area (Å²) in [7, 11) is 0. The highest BCUT2D eigenvalue weighted by molar-refractivity contribution is 5.83. The van der Waals surface area contributed by atoms with E-state index in [1.165, 1.54) is 6.42 Å². The maximum atomic E-state index is 12.5. The van der Waals surface area contributed by atoms with Crippen molar-refractivity contribution >= 4 is 11.8 Å². The number of rotatable bonds is 8. The van der Waals surface area contributed by atoms with E-state index in [0.717, 1.165) is 51.4 Å². The maximum Gasteiger partial charge on any atom is 0.312 e. The first-order valence-corrected chi connectivity index (χ1v) is 11.2. The van der Waals surface area contributed by atoms with Gasteiger partial charge in [-0.3, -0.25) is 9.59 Å². The molecule has 0 aromatic heterocycles. The Bertz CT molecular complexity index is 588. The summed E-state index contributed by atoms with van der Waals surface area (Å²) in [6.45, 7) is 9.50. The van der Waals surface area contributed by atoms with Crippen LogP contribution in [0.3, 0.4) is 0 Å². The summed E-state index contributed by atoms with van der Waals surface area (Å²) in [6, 6.07) is 0. The number of allylic oxidation sites excluding steroid dienone is 2. The Hall–Kier alpha value is -1.12. The molecule has 0 unspecified atom stereocenters. The lowest BCUT2D eigenvalue weighted by molar-refractivity contribution is -0.151. The molecule has 0 heterocycles. The second kappa shape index (κ2) is 8.09. The molecule has 0 amide bonds. The van der Waals surface area contributed by atoms with Crippen LogP contribution >= 0.6 is 0 Å². The summed E-state index contributed by atoms with van der Waals surface area (Å²) in [5, 5.41) is 0. The molecular formula is C24H38O3. The lowest BCUT2D eigenvalue weighted by Gasteiger charge is -2.41. The van der Waals surface area contributed by atoms with Gasteiger partial charge >= 0.3 is 5.97 Å². The van der Waals surface area contributed by atoms with Crippen LogP contribution in [0.5, 0.6) is 0 Å². The fourth-order valence-corrected chi connectivity index (χ4v) is 5.93. The van der Waals surface area contributed by atoms with Crippen molar-refractivity contribution in [2.45, 2.75) is 85.5 Å². The smallest absolute Gasteiger partial charge is 0.312 e. The molecule has 0 radical (unpaired) electrons. The summed E-state index contributed by atoms with van der Waals surface area (Å²) >= 11 is 0. The number of carbonyl (C=O) groups is 2. The number of fused-ring (bicyclic) bond motifs is 1. The fourth-order valence-electron chi connectivity index (χ4n) is 5.93. The van der Waals surface area contributed by atoms with Crippen LogP contribution in [0.25, 0.3) is 0 Å². The van der Waals surface area contributed by atoms with Crippen LogP contribution in [-0.4, -0.2) is 18.4 Å². The molecule has 0 aromatic rings. The minimum atomic E-state index is -0.271. The van der Waals surface area contributed by atoms with Crippen LogP contribution in [0, 0.1) is 34.5 Å². The first kappa shape index (κ1) is 20.6. The van der Waals surface area contributed by atoms with Crippen molar-refractivity contribution in [3.8, 4) is 0 Å². The predicted octanol–water partition coefficient (Wildman–Crippen LogP) is 5.72. The SMILES string of the molecule is CCCCOC(=O)C1([C@H](C)/C=C/[C@@H](C)[C@H]2CC[C@H]3C(=O)CCC[C@]23C)CC1. The van der Waals surface area contributed by atoms with Gasteiger partial charge in [-0.05, 0) is 68.1 Å². The maximum absolute atomic E-state index is 12.5. The molecule has 3 aliphatic carbocycles. The third-order valence-electron chi connectivity index (χ3n) is 8.07. The van der Waals surface area contributed by atoms with Crippen LogP contribution in [0.2, 0.25) is 0 Å². The van der Waals surface area contributed by atoms with Gasteiger partial charge in [-0.15, -0.1) is 0 Å². The number of ketones is 1. The number of Topliss-reactive ketones (excluding diaryl/α,β-unsaturated/α-hetero) is 1. The molecule has 0 aromatic carbocycles. The topological polar surface area (TPSA) is 43.4 Å². The largest absolute Gasteiger partial charge is 0.465 e. The van der Waals surface area contributed by atoms with E-state index >= 15 is 0 Å². The second-order valence-electron chi connectivity index (χ2n) is 9.74. The van der Waals surface area contributed by atoms with Gasteiger partial charge in [0.05, 0.1) is 12.0 Å². The molecule has 3 heteroatoms. The molecule has 3 fully saturated rings. The van der Waals surface area contributed by atoms with Gasteiger partial charge in [0.1, 0.15) is 5.78 Å². The van der Waals surface area contributed by atoms with Crippen LogP contribution in [-0.2, 0) is 14.3 Å². The van der Waals surface area contributed by atoms with E-state index in [-0.39, 0.29) is 28.6 Å². The molecule has 0 aliphatic heterocycles. The molecule has 3 aliphatic rings. The van der Waals surface area contributed by atoms with E-state index in [9.17, 15) is 9.59 Å². The predicted molar refractivity (Wildman–Crippen MR) is 108 cm³/mol. The summed E-state index contributed by atoms with van der Waals surface area (Å²) < 4.78 is 5.53. The standard InChI is InChI=1S/C24H38O3/c1-5-6-16-27-22(26)24(14-15-24)18(3)10-9-17(2)19-11-12-20-21(25)8-7-13-23(19,20)4/h9-10,17-20H,5-8,11-16H2,1-4H3/b10-9+/t17-,18-,19-,20+,23-/m1/s1. The average Bonchev–Trinajstić information content (AvgIpc) is 3.37. The zero-order valence-electron chi connectivity index (χ0n) is 17.8. The molecule has 0 saturated heterocycles. The highest BCUT2D eigenvalue weighted by Gasteiger charge is 2.55. The number of unbranched alkanes of at least 4 members (excludes halogenated alkanes) is 1. The quantitative estimate of drug-likeness (QED) is 0.310. The van der Waals surface area contributed by atoms with Crippen LogP contribution in [0.15, 0.2) is 12.2 Å². The van der Waals surface area contributed by atoms with Crippen molar-refractivity contribution in [1.82, 2.24) is 0 Å². The van der Waals surface area contributed by atoms with Gasteiger partial charge in [0.15, 0.2) is 0 Å². The monoisotopic (exact) mass is 374 g/mol.